The van der Waals surface area contributed by atoms with Crippen molar-refractivity contribution in [2.75, 3.05) is 6.61 Å². The molecule has 0 radical (unpaired) electrons. The van der Waals surface area contributed by atoms with E-state index < -0.39 is 0 Å². The van der Waals surface area contributed by atoms with Crippen molar-refractivity contribution in [1.82, 2.24) is 15.0 Å². The highest BCUT2D eigenvalue weighted by Crippen LogP contribution is 2.26. The lowest BCUT2D eigenvalue weighted by atomic mass is 10.2. The van der Waals surface area contributed by atoms with Crippen molar-refractivity contribution in [1.29, 1.82) is 0 Å². The second-order valence-corrected chi connectivity index (χ2v) is 4.96. The number of nitrogens with one attached hydrogen (secondary N) is 1. The van der Waals surface area contributed by atoms with Crippen molar-refractivity contribution in [2.24, 2.45) is 0 Å². The summed E-state index contributed by atoms with van der Waals surface area (Å²) < 4.78 is 0. The maximum Gasteiger partial charge on any atom is 0.123 e. The van der Waals surface area contributed by atoms with Gasteiger partial charge in [0.1, 0.15) is 5.01 Å². The van der Waals surface area contributed by atoms with E-state index in [0.29, 0.717) is 0 Å². The molecular formula is C13H13N3OS. The Morgan fingerprint density at radius 1 is 1.33 bits per heavy atom. The van der Waals surface area contributed by atoms with Gasteiger partial charge >= 0.3 is 0 Å². The molecule has 2 N–H and O–H groups in total. The number of aromatic amines is 1. The zero-order chi connectivity index (χ0) is 12.4. The van der Waals surface area contributed by atoms with E-state index in [1.165, 1.54) is 0 Å². The summed E-state index contributed by atoms with van der Waals surface area (Å²) in [6.07, 6.45) is 3.30. The molecule has 0 spiro atoms. The van der Waals surface area contributed by atoms with Gasteiger partial charge in [-0.1, -0.05) is 0 Å². The third-order valence-corrected chi connectivity index (χ3v) is 3.75. The summed E-state index contributed by atoms with van der Waals surface area (Å²) in [4.78, 5) is 11.9. The number of nitrogens with zero attached hydrogens (tertiary/aromatic N) is 2. The maximum absolute atomic E-state index is 8.81. The van der Waals surface area contributed by atoms with Gasteiger partial charge in [0, 0.05) is 17.6 Å². The Morgan fingerprint density at radius 2 is 2.28 bits per heavy atom. The molecule has 0 aliphatic heterocycles. The van der Waals surface area contributed by atoms with Crippen molar-refractivity contribution in [3.8, 4) is 10.6 Å². The van der Waals surface area contributed by atoms with Gasteiger partial charge in [-0.15, -0.1) is 11.3 Å². The molecule has 0 unspecified atom stereocenters. The van der Waals surface area contributed by atoms with E-state index in [9.17, 15) is 0 Å². The minimum absolute atomic E-state index is 0.215. The number of aliphatic hydroxyl groups excluding tert-OH is 1. The Hall–Kier alpha value is -1.72. The van der Waals surface area contributed by atoms with E-state index in [4.69, 9.17) is 5.11 Å². The minimum Gasteiger partial charge on any atom is -0.396 e. The van der Waals surface area contributed by atoms with Crippen LogP contribution in [0.2, 0.25) is 0 Å². The molecule has 0 aliphatic carbocycles. The van der Waals surface area contributed by atoms with Crippen LogP contribution in [-0.2, 0) is 6.42 Å². The SMILES string of the molecule is OCCCc1csc(-c2ccc3nc[nH]c3c2)n1. The number of H-pyrrole nitrogens is 1. The van der Waals surface area contributed by atoms with Gasteiger partial charge in [0.25, 0.3) is 0 Å². The monoisotopic (exact) mass is 259 g/mol. The number of aliphatic hydroxyl groups is 1. The zero-order valence-corrected chi connectivity index (χ0v) is 10.6. The molecule has 92 valence electrons. The molecule has 18 heavy (non-hydrogen) atoms. The van der Waals surface area contributed by atoms with Crippen LogP contribution in [0.1, 0.15) is 12.1 Å². The highest BCUT2D eigenvalue weighted by Gasteiger charge is 2.06. The number of rotatable bonds is 4. The van der Waals surface area contributed by atoms with Crippen LogP contribution in [0.5, 0.6) is 0 Å². The predicted molar refractivity (Wildman–Crippen MR) is 72.6 cm³/mol. The first kappa shape index (κ1) is 11.4. The van der Waals surface area contributed by atoms with Gasteiger partial charge in [-0.05, 0) is 31.0 Å². The first-order valence-electron chi connectivity index (χ1n) is 5.85. The molecule has 3 aromatic rings. The first-order chi connectivity index (χ1) is 8.86. The van der Waals surface area contributed by atoms with Gasteiger partial charge in [0.2, 0.25) is 0 Å². The molecule has 0 bridgehead atoms. The topological polar surface area (TPSA) is 61.8 Å². The lowest BCUT2D eigenvalue weighted by Gasteiger charge is -1.96. The molecule has 0 saturated carbocycles. The van der Waals surface area contributed by atoms with Gasteiger partial charge in [0.15, 0.2) is 0 Å². The van der Waals surface area contributed by atoms with E-state index in [-0.39, 0.29) is 6.61 Å². The summed E-state index contributed by atoms with van der Waals surface area (Å²) >= 11 is 1.64. The smallest absolute Gasteiger partial charge is 0.123 e. The van der Waals surface area contributed by atoms with Crippen LogP contribution in [0.15, 0.2) is 29.9 Å². The summed E-state index contributed by atoms with van der Waals surface area (Å²) in [5.41, 5.74) is 4.15. The number of aromatic nitrogens is 3. The summed E-state index contributed by atoms with van der Waals surface area (Å²) in [6.45, 7) is 0.215. The third kappa shape index (κ3) is 2.14. The average molecular weight is 259 g/mol. The van der Waals surface area contributed by atoms with Crippen molar-refractivity contribution < 1.29 is 5.11 Å². The second kappa shape index (κ2) is 4.88. The number of fused-ring (bicyclic) bond motifs is 1. The number of imidazole rings is 1. The van der Waals surface area contributed by atoms with Gasteiger partial charge in [-0.2, -0.15) is 0 Å². The Bertz CT molecular complexity index is 659. The fourth-order valence-corrected chi connectivity index (χ4v) is 2.73. The molecular weight excluding hydrogens is 246 g/mol. The highest BCUT2D eigenvalue weighted by atomic mass is 32.1. The number of hydrogen-bond acceptors (Lipinski definition) is 4. The molecule has 2 aromatic heterocycles. The molecule has 0 aliphatic rings. The average Bonchev–Trinajstić information content (AvgIpc) is 3.04. The molecule has 1 aromatic carbocycles. The molecule has 0 amide bonds. The van der Waals surface area contributed by atoms with E-state index in [1.807, 2.05) is 12.1 Å². The molecule has 0 saturated heterocycles. The summed E-state index contributed by atoms with van der Waals surface area (Å²) in [6, 6.07) is 6.10. The molecule has 3 rings (SSSR count). The normalized spacial score (nSPS) is 11.2. The Balaban J connectivity index is 1.90. The fourth-order valence-electron chi connectivity index (χ4n) is 1.88. The number of benzene rings is 1. The van der Waals surface area contributed by atoms with Crippen LogP contribution in [0.3, 0.4) is 0 Å². The summed E-state index contributed by atoms with van der Waals surface area (Å²) in [5.74, 6) is 0. The molecule has 5 heteroatoms. The summed E-state index contributed by atoms with van der Waals surface area (Å²) in [7, 11) is 0. The molecule has 0 fully saturated rings. The fraction of sp³-hybridized carbons (Fsp3) is 0.231. The van der Waals surface area contributed by atoms with E-state index in [0.717, 1.165) is 40.1 Å². The molecule has 4 nitrogen and oxygen atoms in total. The number of aryl methyl sites for hydroxylation is 1. The van der Waals surface area contributed by atoms with Crippen LogP contribution < -0.4 is 0 Å². The highest BCUT2D eigenvalue weighted by molar-refractivity contribution is 7.13. The molecule has 2 heterocycles. The maximum atomic E-state index is 8.81. The van der Waals surface area contributed by atoms with Gasteiger partial charge in [-0.3, -0.25) is 0 Å². The third-order valence-electron chi connectivity index (χ3n) is 2.81. The van der Waals surface area contributed by atoms with Crippen molar-refractivity contribution >= 4 is 22.4 Å². The Kier molecular flexibility index (Phi) is 3.08. The van der Waals surface area contributed by atoms with Crippen LogP contribution in [0, 0.1) is 0 Å². The Morgan fingerprint density at radius 3 is 3.17 bits per heavy atom. The van der Waals surface area contributed by atoms with Gasteiger partial charge in [-0.25, -0.2) is 9.97 Å². The summed E-state index contributed by atoms with van der Waals surface area (Å²) in [5, 5.41) is 11.9. The standard InChI is InChI=1S/C13H13N3OS/c17-5-1-2-10-7-18-13(16-10)9-3-4-11-12(6-9)15-8-14-11/h3-4,6-8,17H,1-2,5H2,(H,14,15). The lowest BCUT2D eigenvalue weighted by molar-refractivity contribution is 0.288. The van der Waals surface area contributed by atoms with Crippen LogP contribution in [0.4, 0.5) is 0 Å². The largest absolute Gasteiger partial charge is 0.396 e. The van der Waals surface area contributed by atoms with E-state index >= 15 is 0 Å². The van der Waals surface area contributed by atoms with Gasteiger partial charge in [0.05, 0.1) is 23.1 Å². The number of thiazole rings is 1. The van der Waals surface area contributed by atoms with E-state index in [2.05, 4.69) is 26.4 Å². The lowest BCUT2D eigenvalue weighted by Crippen LogP contribution is -1.89. The zero-order valence-electron chi connectivity index (χ0n) is 9.76. The van der Waals surface area contributed by atoms with Crippen LogP contribution in [-0.4, -0.2) is 26.7 Å². The van der Waals surface area contributed by atoms with Gasteiger partial charge < -0.3 is 10.1 Å². The van der Waals surface area contributed by atoms with Crippen molar-refractivity contribution in [3.63, 3.8) is 0 Å². The predicted octanol–water partition coefficient (Wildman–Crippen LogP) is 2.61. The van der Waals surface area contributed by atoms with E-state index in [1.54, 1.807) is 17.7 Å². The van der Waals surface area contributed by atoms with Crippen molar-refractivity contribution in [3.05, 3.63) is 35.6 Å². The second-order valence-electron chi connectivity index (χ2n) is 4.11. The van der Waals surface area contributed by atoms with Crippen LogP contribution in [0.25, 0.3) is 21.6 Å². The van der Waals surface area contributed by atoms with Crippen LogP contribution >= 0.6 is 11.3 Å². The minimum atomic E-state index is 0.215. The Labute approximate surface area is 108 Å². The quantitative estimate of drug-likeness (QED) is 0.757. The van der Waals surface area contributed by atoms with Crippen molar-refractivity contribution in [2.45, 2.75) is 12.8 Å². The first-order valence-corrected chi connectivity index (χ1v) is 6.73. The molecule has 0 atom stereocenters. The number of hydrogen-bond donors (Lipinski definition) is 2.